The van der Waals surface area contributed by atoms with E-state index in [1.165, 1.54) is 5.56 Å². The average Bonchev–Trinajstić information content (AvgIpc) is 3.14. The fraction of sp³-hybridized carbons (Fsp3) is 0.483. The summed E-state index contributed by atoms with van der Waals surface area (Å²) >= 11 is 0. The molecule has 0 bridgehead atoms. The predicted molar refractivity (Wildman–Crippen MR) is 135 cm³/mol. The molecule has 2 amide bonds. The van der Waals surface area contributed by atoms with Crippen LogP contribution < -0.4 is 0 Å². The van der Waals surface area contributed by atoms with Crippen LogP contribution in [0.5, 0.6) is 0 Å². The van der Waals surface area contributed by atoms with Crippen molar-refractivity contribution in [1.29, 1.82) is 0 Å². The number of carbonyl (C=O) groups excluding carboxylic acids is 4. The van der Waals surface area contributed by atoms with Crippen LogP contribution in [0, 0.1) is 5.92 Å². The number of nitrogens with zero attached hydrogens (tertiary/aromatic N) is 3. The smallest absolute Gasteiger partial charge is 0.262 e. The molecule has 1 unspecified atom stereocenters. The first kappa shape index (κ1) is 24.5. The molecule has 3 aliphatic rings. The molecule has 188 valence electrons. The molecule has 0 radical (unpaired) electrons. The van der Waals surface area contributed by atoms with Gasteiger partial charge in [0.15, 0.2) is 5.78 Å². The second-order valence-corrected chi connectivity index (χ2v) is 10.3. The lowest BCUT2D eigenvalue weighted by Crippen LogP contribution is -2.47. The van der Waals surface area contributed by atoms with Crippen molar-refractivity contribution < 1.29 is 19.2 Å². The zero-order valence-corrected chi connectivity index (χ0v) is 20.9. The van der Waals surface area contributed by atoms with Crippen LogP contribution in [0.15, 0.2) is 36.5 Å². The molecule has 0 spiro atoms. The number of aromatic nitrogens is 1. The Labute approximate surface area is 211 Å². The van der Waals surface area contributed by atoms with E-state index in [1.54, 1.807) is 6.07 Å². The highest BCUT2D eigenvalue weighted by Gasteiger charge is 2.45. The average molecular weight is 488 g/mol. The van der Waals surface area contributed by atoms with Gasteiger partial charge in [0.1, 0.15) is 5.78 Å². The molecule has 7 heteroatoms. The Hall–Kier alpha value is -3.19. The third kappa shape index (κ3) is 4.89. The SMILES string of the molecule is CCc1ccc(CN2CCC(CCc3cccc4c3C(=O)N(C3CCC(=O)CC3=O)C4=O)CC2)cn1. The van der Waals surface area contributed by atoms with Gasteiger partial charge in [-0.25, -0.2) is 0 Å². The van der Waals surface area contributed by atoms with Crippen molar-refractivity contribution in [2.75, 3.05) is 13.1 Å². The summed E-state index contributed by atoms with van der Waals surface area (Å²) in [6.07, 6.45) is 7.14. The van der Waals surface area contributed by atoms with Gasteiger partial charge in [0.2, 0.25) is 0 Å². The maximum Gasteiger partial charge on any atom is 0.262 e. The number of hydrogen-bond acceptors (Lipinski definition) is 6. The number of hydrogen-bond donors (Lipinski definition) is 0. The molecule has 36 heavy (non-hydrogen) atoms. The molecule has 1 saturated carbocycles. The van der Waals surface area contributed by atoms with Gasteiger partial charge in [0, 0.05) is 24.9 Å². The van der Waals surface area contributed by atoms with Crippen LogP contribution >= 0.6 is 0 Å². The largest absolute Gasteiger partial charge is 0.299 e. The van der Waals surface area contributed by atoms with Gasteiger partial charge < -0.3 is 0 Å². The van der Waals surface area contributed by atoms with Gasteiger partial charge in [-0.3, -0.25) is 34.0 Å². The summed E-state index contributed by atoms with van der Waals surface area (Å²) in [6, 6.07) is 8.90. The topological polar surface area (TPSA) is 87.7 Å². The minimum absolute atomic E-state index is 0.120. The van der Waals surface area contributed by atoms with E-state index in [0.29, 0.717) is 17.0 Å². The molecular formula is C29H33N3O4. The fourth-order valence-corrected chi connectivity index (χ4v) is 5.81. The quantitative estimate of drug-likeness (QED) is 0.436. The Morgan fingerprint density at radius 2 is 1.78 bits per heavy atom. The Balaban J connectivity index is 1.18. The van der Waals surface area contributed by atoms with Crippen molar-refractivity contribution in [3.63, 3.8) is 0 Å². The minimum atomic E-state index is -0.819. The van der Waals surface area contributed by atoms with E-state index in [9.17, 15) is 19.2 Å². The van der Waals surface area contributed by atoms with Crippen molar-refractivity contribution in [2.24, 2.45) is 5.92 Å². The zero-order valence-electron chi connectivity index (χ0n) is 20.9. The Bertz CT molecular complexity index is 1180. The zero-order chi connectivity index (χ0) is 25.2. The number of likely N-dealkylation sites (tertiary alicyclic amines) is 1. The number of Topliss-reactive ketones (excluding diaryl/α,β-unsaturated/α-hetero) is 2. The number of piperidine rings is 1. The number of carbonyl (C=O) groups is 4. The number of benzene rings is 1. The number of rotatable bonds is 7. The van der Waals surface area contributed by atoms with E-state index < -0.39 is 11.9 Å². The number of ketones is 2. The molecule has 2 aromatic rings. The molecule has 1 aliphatic carbocycles. The predicted octanol–water partition coefficient (Wildman–Crippen LogP) is 3.78. The first-order valence-corrected chi connectivity index (χ1v) is 13.1. The van der Waals surface area contributed by atoms with Crippen LogP contribution in [0.1, 0.15) is 83.0 Å². The summed E-state index contributed by atoms with van der Waals surface area (Å²) < 4.78 is 0. The summed E-state index contributed by atoms with van der Waals surface area (Å²) in [5.41, 5.74) is 4.09. The van der Waals surface area contributed by atoms with Crippen LogP contribution in [0.3, 0.4) is 0 Å². The van der Waals surface area contributed by atoms with Crippen molar-refractivity contribution in [2.45, 2.75) is 70.9 Å². The van der Waals surface area contributed by atoms with E-state index in [1.807, 2.05) is 18.3 Å². The van der Waals surface area contributed by atoms with E-state index in [4.69, 9.17) is 0 Å². The molecule has 1 aromatic carbocycles. The van der Waals surface area contributed by atoms with Gasteiger partial charge in [-0.2, -0.15) is 0 Å². The van der Waals surface area contributed by atoms with Gasteiger partial charge >= 0.3 is 0 Å². The highest BCUT2D eigenvalue weighted by Crippen LogP contribution is 2.32. The van der Waals surface area contributed by atoms with Crippen LogP contribution in [-0.2, 0) is 29.0 Å². The molecular weight excluding hydrogens is 454 g/mol. The summed E-state index contributed by atoms with van der Waals surface area (Å²) in [5, 5.41) is 0. The van der Waals surface area contributed by atoms with Gasteiger partial charge in [-0.1, -0.05) is 25.1 Å². The van der Waals surface area contributed by atoms with Crippen LogP contribution in [0.25, 0.3) is 0 Å². The summed E-state index contributed by atoms with van der Waals surface area (Å²) in [4.78, 5) is 58.6. The number of pyridine rings is 1. The second kappa shape index (κ2) is 10.4. The molecule has 1 aromatic heterocycles. The van der Waals surface area contributed by atoms with Gasteiger partial charge in [0.05, 0.1) is 23.6 Å². The number of aryl methyl sites for hydroxylation is 2. The minimum Gasteiger partial charge on any atom is -0.299 e. The van der Waals surface area contributed by atoms with E-state index in [-0.39, 0.29) is 36.7 Å². The first-order valence-electron chi connectivity index (χ1n) is 13.1. The lowest BCUT2D eigenvalue weighted by Gasteiger charge is -2.32. The van der Waals surface area contributed by atoms with Crippen LogP contribution in [0.2, 0.25) is 0 Å². The fourth-order valence-electron chi connectivity index (χ4n) is 5.81. The van der Waals surface area contributed by atoms with Gasteiger partial charge in [0.25, 0.3) is 11.8 Å². The van der Waals surface area contributed by atoms with Crippen molar-refractivity contribution >= 4 is 23.4 Å². The lowest BCUT2D eigenvalue weighted by atomic mass is 9.88. The van der Waals surface area contributed by atoms with E-state index >= 15 is 0 Å². The molecule has 2 aliphatic heterocycles. The molecule has 2 fully saturated rings. The Morgan fingerprint density at radius 1 is 0.972 bits per heavy atom. The number of imide groups is 1. The standard InChI is InChI=1S/C29H33N3O4/c1-2-22-9-7-20(17-30-22)18-31-14-12-19(13-15-31)6-8-21-4-3-5-24-27(21)29(36)32(28(24)35)25-11-10-23(33)16-26(25)34/h3-5,7,9,17,19,25H,2,6,8,10-16,18H2,1H3. The summed E-state index contributed by atoms with van der Waals surface area (Å²) in [7, 11) is 0. The highest BCUT2D eigenvalue weighted by atomic mass is 16.2. The van der Waals surface area contributed by atoms with Gasteiger partial charge in [-0.05, 0) is 80.8 Å². The summed E-state index contributed by atoms with van der Waals surface area (Å²) in [6.45, 7) is 5.12. The molecule has 7 nitrogen and oxygen atoms in total. The van der Waals surface area contributed by atoms with Gasteiger partial charge in [-0.15, -0.1) is 0 Å². The molecule has 3 heterocycles. The Morgan fingerprint density at radius 3 is 2.47 bits per heavy atom. The molecule has 5 rings (SSSR count). The molecule has 0 N–H and O–H groups in total. The van der Waals surface area contributed by atoms with Crippen LogP contribution in [-0.4, -0.2) is 57.3 Å². The maximum absolute atomic E-state index is 13.3. The Kier molecular flexibility index (Phi) is 7.10. The van der Waals surface area contributed by atoms with Crippen molar-refractivity contribution in [3.05, 3.63) is 64.5 Å². The highest BCUT2D eigenvalue weighted by molar-refractivity contribution is 6.24. The van der Waals surface area contributed by atoms with E-state index in [2.05, 4.69) is 28.9 Å². The third-order valence-corrected chi connectivity index (χ3v) is 7.97. The lowest BCUT2D eigenvalue weighted by molar-refractivity contribution is -0.132. The second-order valence-electron chi connectivity index (χ2n) is 10.3. The monoisotopic (exact) mass is 487 g/mol. The first-order chi connectivity index (χ1) is 17.4. The molecule has 1 saturated heterocycles. The third-order valence-electron chi connectivity index (χ3n) is 7.97. The maximum atomic E-state index is 13.3. The van der Waals surface area contributed by atoms with E-state index in [0.717, 1.165) is 67.9 Å². The number of amides is 2. The number of fused-ring (bicyclic) bond motifs is 1. The summed E-state index contributed by atoms with van der Waals surface area (Å²) in [5.74, 6) is -0.654. The van der Waals surface area contributed by atoms with Crippen LogP contribution in [0.4, 0.5) is 0 Å². The normalized spacial score (nSPS) is 21.4. The van der Waals surface area contributed by atoms with Crippen molar-refractivity contribution in [3.8, 4) is 0 Å². The molecule has 1 atom stereocenters. The van der Waals surface area contributed by atoms with Crippen molar-refractivity contribution in [1.82, 2.24) is 14.8 Å².